The lowest BCUT2D eigenvalue weighted by Gasteiger charge is -2.27. The fraction of sp³-hybridized carbons (Fsp3) is 0.538. The summed E-state index contributed by atoms with van der Waals surface area (Å²) in [6.45, 7) is 0.738. The Morgan fingerprint density at radius 2 is 2.00 bits per heavy atom. The van der Waals surface area contributed by atoms with Gasteiger partial charge in [0.2, 0.25) is 0 Å². The molecular weight excluding hydrogens is 269 g/mol. The van der Waals surface area contributed by atoms with Crippen molar-refractivity contribution in [3.05, 3.63) is 34.1 Å². The SMILES string of the molecule is NCC1(Cc2ccc(F)c(Br)c2)CCCC1. The molecule has 16 heavy (non-hydrogen) atoms. The van der Waals surface area contributed by atoms with Gasteiger partial charge in [-0.15, -0.1) is 0 Å². The van der Waals surface area contributed by atoms with Crippen LogP contribution in [0.25, 0.3) is 0 Å². The Kier molecular flexibility index (Phi) is 3.65. The molecule has 1 aromatic carbocycles. The predicted octanol–water partition coefficient (Wildman–Crippen LogP) is 3.65. The third-order valence-corrected chi connectivity index (χ3v) is 4.27. The molecule has 0 unspecified atom stereocenters. The van der Waals surface area contributed by atoms with Gasteiger partial charge in [0, 0.05) is 0 Å². The van der Waals surface area contributed by atoms with Crippen molar-refractivity contribution in [3.8, 4) is 0 Å². The van der Waals surface area contributed by atoms with Crippen molar-refractivity contribution in [2.45, 2.75) is 32.1 Å². The Morgan fingerprint density at radius 1 is 1.31 bits per heavy atom. The molecule has 0 spiro atoms. The molecule has 2 N–H and O–H groups in total. The van der Waals surface area contributed by atoms with Gasteiger partial charge < -0.3 is 5.73 Å². The molecule has 0 radical (unpaired) electrons. The largest absolute Gasteiger partial charge is 0.330 e. The van der Waals surface area contributed by atoms with Gasteiger partial charge in [-0.1, -0.05) is 18.9 Å². The van der Waals surface area contributed by atoms with Gasteiger partial charge >= 0.3 is 0 Å². The fourth-order valence-electron chi connectivity index (χ4n) is 2.66. The van der Waals surface area contributed by atoms with Gasteiger partial charge in [-0.2, -0.15) is 0 Å². The highest BCUT2D eigenvalue weighted by Gasteiger charge is 2.32. The van der Waals surface area contributed by atoms with Gasteiger partial charge in [0.15, 0.2) is 0 Å². The van der Waals surface area contributed by atoms with Crippen LogP contribution in [-0.2, 0) is 6.42 Å². The second-order valence-electron chi connectivity index (χ2n) is 4.84. The first-order chi connectivity index (χ1) is 7.65. The van der Waals surface area contributed by atoms with Gasteiger partial charge in [-0.25, -0.2) is 4.39 Å². The lowest BCUT2D eigenvalue weighted by Crippen LogP contribution is -2.29. The van der Waals surface area contributed by atoms with E-state index in [9.17, 15) is 4.39 Å². The van der Waals surface area contributed by atoms with Crippen molar-refractivity contribution in [2.75, 3.05) is 6.54 Å². The van der Waals surface area contributed by atoms with E-state index in [0.717, 1.165) is 13.0 Å². The molecule has 1 aromatic rings. The van der Waals surface area contributed by atoms with E-state index in [2.05, 4.69) is 15.9 Å². The summed E-state index contributed by atoms with van der Waals surface area (Å²) in [5, 5.41) is 0. The maximum atomic E-state index is 13.1. The zero-order valence-corrected chi connectivity index (χ0v) is 10.9. The Morgan fingerprint density at radius 3 is 2.56 bits per heavy atom. The van der Waals surface area contributed by atoms with E-state index in [1.54, 1.807) is 0 Å². The van der Waals surface area contributed by atoms with Crippen molar-refractivity contribution in [1.82, 2.24) is 0 Å². The maximum absolute atomic E-state index is 13.1. The molecule has 1 saturated carbocycles. The van der Waals surface area contributed by atoms with E-state index in [4.69, 9.17) is 5.73 Å². The highest BCUT2D eigenvalue weighted by Crippen LogP contribution is 2.40. The minimum Gasteiger partial charge on any atom is -0.330 e. The van der Waals surface area contributed by atoms with Crippen molar-refractivity contribution >= 4 is 15.9 Å². The Hall–Kier alpha value is -0.410. The van der Waals surface area contributed by atoms with Crippen LogP contribution < -0.4 is 5.73 Å². The van der Waals surface area contributed by atoms with Gasteiger partial charge in [0.1, 0.15) is 5.82 Å². The standard InChI is InChI=1S/C13H17BrFN/c14-11-7-10(3-4-12(11)15)8-13(9-16)5-1-2-6-13/h3-4,7H,1-2,5-6,8-9,16H2. The molecule has 1 aliphatic rings. The number of halogens is 2. The average molecular weight is 286 g/mol. The van der Waals surface area contributed by atoms with Gasteiger partial charge in [0.25, 0.3) is 0 Å². The molecule has 0 atom stereocenters. The summed E-state index contributed by atoms with van der Waals surface area (Å²) in [6, 6.07) is 5.28. The average Bonchev–Trinajstić information content (AvgIpc) is 2.73. The molecule has 1 nitrogen and oxygen atoms in total. The van der Waals surface area contributed by atoms with Gasteiger partial charge in [0.05, 0.1) is 4.47 Å². The first-order valence-electron chi connectivity index (χ1n) is 5.79. The maximum Gasteiger partial charge on any atom is 0.137 e. The number of rotatable bonds is 3. The zero-order valence-electron chi connectivity index (χ0n) is 9.31. The molecule has 0 aliphatic heterocycles. The van der Waals surface area contributed by atoms with E-state index in [-0.39, 0.29) is 11.2 Å². The van der Waals surface area contributed by atoms with Crippen molar-refractivity contribution in [3.63, 3.8) is 0 Å². The van der Waals surface area contributed by atoms with Crippen molar-refractivity contribution < 1.29 is 4.39 Å². The van der Waals surface area contributed by atoms with Gasteiger partial charge in [-0.3, -0.25) is 0 Å². The highest BCUT2D eigenvalue weighted by atomic mass is 79.9. The molecule has 0 bridgehead atoms. The summed E-state index contributed by atoms with van der Waals surface area (Å²) >= 11 is 3.23. The van der Waals surface area contributed by atoms with Crippen LogP contribution in [0.5, 0.6) is 0 Å². The van der Waals surface area contributed by atoms with E-state index in [0.29, 0.717) is 4.47 Å². The number of hydrogen-bond donors (Lipinski definition) is 1. The molecule has 0 heterocycles. The normalized spacial score (nSPS) is 18.9. The summed E-state index contributed by atoms with van der Waals surface area (Å²) in [5.41, 5.74) is 7.34. The molecule has 3 heteroatoms. The summed E-state index contributed by atoms with van der Waals surface area (Å²) in [6.07, 6.45) is 5.94. The fourth-order valence-corrected chi connectivity index (χ4v) is 3.09. The number of benzene rings is 1. The Bertz CT molecular complexity index is 372. The molecule has 0 amide bonds. The lowest BCUT2D eigenvalue weighted by atomic mass is 9.80. The molecule has 0 aromatic heterocycles. The van der Waals surface area contributed by atoms with Crippen LogP contribution in [-0.4, -0.2) is 6.54 Å². The van der Waals surface area contributed by atoms with Crippen LogP contribution >= 0.6 is 15.9 Å². The third kappa shape index (κ3) is 2.46. The molecular formula is C13H17BrFN. The monoisotopic (exact) mass is 285 g/mol. The molecule has 1 fully saturated rings. The first kappa shape index (κ1) is 12.1. The van der Waals surface area contributed by atoms with Crippen LogP contribution in [0.3, 0.4) is 0 Å². The number of nitrogens with two attached hydrogens (primary N) is 1. The summed E-state index contributed by atoms with van der Waals surface area (Å²) in [7, 11) is 0. The van der Waals surface area contributed by atoms with Crippen LogP contribution in [0.4, 0.5) is 4.39 Å². The second kappa shape index (κ2) is 4.84. The van der Waals surface area contributed by atoms with Crippen LogP contribution in [0.1, 0.15) is 31.2 Å². The topological polar surface area (TPSA) is 26.0 Å². The summed E-state index contributed by atoms with van der Waals surface area (Å²) in [5.74, 6) is -0.197. The van der Waals surface area contributed by atoms with Crippen molar-refractivity contribution in [2.24, 2.45) is 11.1 Å². The minimum absolute atomic E-state index is 0.197. The van der Waals surface area contributed by atoms with Crippen LogP contribution in [0.15, 0.2) is 22.7 Å². The Labute approximate surface area is 104 Å². The smallest absolute Gasteiger partial charge is 0.137 e. The second-order valence-corrected chi connectivity index (χ2v) is 5.69. The Balaban J connectivity index is 2.16. The first-order valence-corrected chi connectivity index (χ1v) is 6.59. The molecule has 0 saturated heterocycles. The minimum atomic E-state index is -0.197. The van der Waals surface area contributed by atoms with E-state index in [1.807, 2.05) is 12.1 Å². The summed E-state index contributed by atoms with van der Waals surface area (Å²) < 4.78 is 13.7. The van der Waals surface area contributed by atoms with Crippen molar-refractivity contribution in [1.29, 1.82) is 0 Å². The molecule has 1 aliphatic carbocycles. The molecule has 2 rings (SSSR count). The zero-order chi connectivity index (χ0) is 11.6. The quantitative estimate of drug-likeness (QED) is 0.901. The molecule has 88 valence electrons. The number of hydrogen-bond acceptors (Lipinski definition) is 1. The third-order valence-electron chi connectivity index (χ3n) is 3.66. The predicted molar refractivity (Wildman–Crippen MR) is 67.8 cm³/mol. The van der Waals surface area contributed by atoms with Crippen LogP contribution in [0.2, 0.25) is 0 Å². The highest BCUT2D eigenvalue weighted by molar-refractivity contribution is 9.10. The summed E-state index contributed by atoms with van der Waals surface area (Å²) in [4.78, 5) is 0. The van der Waals surface area contributed by atoms with Crippen LogP contribution in [0, 0.1) is 11.2 Å². The lowest BCUT2D eigenvalue weighted by molar-refractivity contribution is 0.306. The van der Waals surface area contributed by atoms with E-state index in [1.165, 1.54) is 37.3 Å². The van der Waals surface area contributed by atoms with E-state index < -0.39 is 0 Å². The van der Waals surface area contributed by atoms with E-state index >= 15 is 0 Å². The van der Waals surface area contributed by atoms with Gasteiger partial charge in [-0.05, 0) is 64.8 Å².